The third-order valence-electron chi connectivity index (χ3n) is 5.33. The molecule has 154 valence electrons. The van der Waals surface area contributed by atoms with Crippen LogP contribution >= 0.6 is 0 Å². The van der Waals surface area contributed by atoms with Gasteiger partial charge in [0, 0.05) is 30.8 Å². The summed E-state index contributed by atoms with van der Waals surface area (Å²) in [4.78, 5) is 24.1. The molecule has 2 aliphatic heterocycles. The van der Waals surface area contributed by atoms with Gasteiger partial charge in [-0.25, -0.2) is 9.97 Å². The highest BCUT2D eigenvalue weighted by Crippen LogP contribution is 2.27. The Morgan fingerprint density at radius 1 is 1.17 bits per heavy atom. The number of carbonyl (C=O) groups is 1. The number of aromatic nitrogens is 2. The van der Waals surface area contributed by atoms with Gasteiger partial charge in [0.2, 0.25) is 5.95 Å². The highest BCUT2D eigenvalue weighted by molar-refractivity contribution is 5.99. The van der Waals surface area contributed by atoms with Crippen LogP contribution in [0.1, 0.15) is 41.2 Å². The summed E-state index contributed by atoms with van der Waals surface area (Å²) in [6.45, 7) is 6.71. The number of Topliss-reactive ketones (excluding diaryl/α,β-unsaturated/α-hetero) is 1. The van der Waals surface area contributed by atoms with Crippen molar-refractivity contribution in [3.63, 3.8) is 0 Å². The number of hydrogen-bond acceptors (Lipinski definition) is 6. The van der Waals surface area contributed by atoms with Gasteiger partial charge in [0.1, 0.15) is 5.82 Å². The Morgan fingerprint density at radius 2 is 1.93 bits per heavy atom. The van der Waals surface area contributed by atoms with E-state index in [-0.39, 0.29) is 24.4 Å². The Morgan fingerprint density at radius 3 is 2.69 bits per heavy atom. The van der Waals surface area contributed by atoms with E-state index in [9.17, 15) is 9.18 Å². The van der Waals surface area contributed by atoms with Crippen molar-refractivity contribution in [2.45, 2.75) is 45.3 Å². The van der Waals surface area contributed by atoms with Crippen molar-refractivity contribution in [1.82, 2.24) is 9.97 Å². The van der Waals surface area contributed by atoms with E-state index in [4.69, 9.17) is 14.5 Å². The summed E-state index contributed by atoms with van der Waals surface area (Å²) in [5, 5.41) is 0. The number of pyridine rings is 2. The van der Waals surface area contributed by atoms with Crippen LogP contribution in [0.4, 0.5) is 10.2 Å². The third kappa shape index (κ3) is 4.62. The minimum atomic E-state index is -0.575. The lowest BCUT2D eigenvalue weighted by atomic mass is 9.96. The molecule has 0 spiro atoms. The number of ketones is 1. The standard InChI is InChI=1S/C22H26FN3O3/c1-14-12-26(13-15(2)29-14)22-11-18(17-6-8-28-9-7-19(17)25-22)20(27)10-16-4-3-5-21(23)24-16/h3-5,11,14-15H,6-10,12-13H2,1-2H3/t14-,15+. The predicted molar refractivity (Wildman–Crippen MR) is 107 cm³/mol. The molecule has 0 amide bonds. The Bertz CT molecular complexity index is 895. The maximum Gasteiger partial charge on any atom is 0.213 e. The summed E-state index contributed by atoms with van der Waals surface area (Å²) in [6, 6.07) is 6.42. The van der Waals surface area contributed by atoms with Crippen LogP contribution < -0.4 is 4.90 Å². The van der Waals surface area contributed by atoms with Crippen molar-refractivity contribution in [3.8, 4) is 0 Å². The fourth-order valence-corrected chi connectivity index (χ4v) is 4.12. The first kappa shape index (κ1) is 19.9. The van der Waals surface area contributed by atoms with Crippen LogP contribution in [0.5, 0.6) is 0 Å². The summed E-state index contributed by atoms with van der Waals surface area (Å²) in [5.41, 5.74) is 2.94. The molecule has 29 heavy (non-hydrogen) atoms. The van der Waals surface area contributed by atoms with Gasteiger partial charge in [-0.2, -0.15) is 4.39 Å². The number of ether oxygens (including phenoxy) is 2. The molecule has 0 bridgehead atoms. The minimum Gasteiger partial charge on any atom is -0.381 e. The highest BCUT2D eigenvalue weighted by atomic mass is 19.1. The number of rotatable bonds is 4. The topological polar surface area (TPSA) is 64.6 Å². The van der Waals surface area contributed by atoms with Crippen molar-refractivity contribution in [3.05, 3.63) is 52.7 Å². The molecule has 2 aromatic heterocycles. The lowest BCUT2D eigenvalue weighted by Gasteiger charge is -2.36. The van der Waals surface area contributed by atoms with E-state index in [0.717, 1.165) is 30.2 Å². The number of anilines is 1. The summed E-state index contributed by atoms with van der Waals surface area (Å²) < 4.78 is 24.9. The van der Waals surface area contributed by atoms with E-state index in [2.05, 4.69) is 9.88 Å². The average Bonchev–Trinajstić information content (AvgIpc) is 2.92. The predicted octanol–water partition coefficient (Wildman–Crippen LogP) is 2.77. The van der Waals surface area contributed by atoms with E-state index < -0.39 is 5.95 Å². The first-order valence-corrected chi connectivity index (χ1v) is 10.1. The lowest BCUT2D eigenvalue weighted by molar-refractivity contribution is -0.00547. The molecule has 0 unspecified atom stereocenters. The van der Waals surface area contributed by atoms with E-state index >= 15 is 0 Å². The normalized spacial score (nSPS) is 22.1. The number of fused-ring (bicyclic) bond motifs is 1. The highest BCUT2D eigenvalue weighted by Gasteiger charge is 2.27. The van der Waals surface area contributed by atoms with Crippen LogP contribution in [0.2, 0.25) is 0 Å². The first-order chi connectivity index (χ1) is 14.0. The van der Waals surface area contributed by atoms with Gasteiger partial charge in [-0.15, -0.1) is 0 Å². The molecular weight excluding hydrogens is 373 g/mol. The average molecular weight is 399 g/mol. The van der Waals surface area contributed by atoms with Gasteiger partial charge in [0.05, 0.1) is 37.5 Å². The molecular formula is C22H26FN3O3. The molecule has 2 aromatic rings. The van der Waals surface area contributed by atoms with E-state index in [1.165, 1.54) is 6.07 Å². The van der Waals surface area contributed by atoms with Crippen LogP contribution in [-0.2, 0) is 28.7 Å². The largest absolute Gasteiger partial charge is 0.381 e. The molecule has 0 aromatic carbocycles. The minimum absolute atomic E-state index is 0.0599. The lowest BCUT2D eigenvalue weighted by Crippen LogP contribution is -2.46. The monoisotopic (exact) mass is 399 g/mol. The molecule has 0 radical (unpaired) electrons. The first-order valence-electron chi connectivity index (χ1n) is 10.1. The molecule has 4 rings (SSSR count). The Balaban J connectivity index is 1.70. The summed E-state index contributed by atoms with van der Waals surface area (Å²) in [7, 11) is 0. The second-order valence-corrected chi connectivity index (χ2v) is 7.78. The van der Waals surface area contributed by atoms with Crippen molar-refractivity contribution in [2.24, 2.45) is 0 Å². The van der Waals surface area contributed by atoms with Crippen LogP contribution in [-0.4, -0.2) is 54.3 Å². The SMILES string of the molecule is C[C@@H]1CN(c2cc(C(=O)Cc3cccc(F)n3)c3c(n2)CCOCC3)C[C@H](C)O1. The Labute approximate surface area is 170 Å². The van der Waals surface area contributed by atoms with E-state index in [0.29, 0.717) is 37.3 Å². The van der Waals surface area contributed by atoms with Crippen LogP contribution in [0.25, 0.3) is 0 Å². The van der Waals surface area contributed by atoms with Gasteiger partial charge in [-0.3, -0.25) is 4.79 Å². The fourth-order valence-electron chi connectivity index (χ4n) is 4.12. The zero-order chi connectivity index (χ0) is 20.4. The molecule has 2 aliphatic rings. The zero-order valence-electron chi connectivity index (χ0n) is 16.9. The smallest absolute Gasteiger partial charge is 0.213 e. The molecule has 6 nitrogen and oxygen atoms in total. The fraction of sp³-hybridized carbons (Fsp3) is 0.500. The molecule has 1 fully saturated rings. The maximum absolute atomic E-state index is 13.5. The molecule has 0 saturated carbocycles. The second-order valence-electron chi connectivity index (χ2n) is 7.78. The van der Waals surface area contributed by atoms with Gasteiger partial charge in [0.15, 0.2) is 5.78 Å². The Hall–Kier alpha value is -2.38. The molecule has 1 saturated heterocycles. The molecule has 4 heterocycles. The third-order valence-corrected chi connectivity index (χ3v) is 5.33. The van der Waals surface area contributed by atoms with Crippen molar-refractivity contribution < 1.29 is 18.7 Å². The van der Waals surface area contributed by atoms with Crippen molar-refractivity contribution in [2.75, 3.05) is 31.2 Å². The van der Waals surface area contributed by atoms with Crippen molar-refractivity contribution >= 4 is 11.6 Å². The van der Waals surface area contributed by atoms with Crippen LogP contribution in [0.3, 0.4) is 0 Å². The quantitative estimate of drug-likeness (QED) is 0.582. The summed E-state index contributed by atoms with van der Waals surface area (Å²) in [6.07, 6.45) is 1.58. The number of morpholine rings is 1. The number of halogens is 1. The number of nitrogens with zero attached hydrogens (tertiary/aromatic N) is 3. The molecule has 0 aliphatic carbocycles. The van der Waals surface area contributed by atoms with E-state index in [1.54, 1.807) is 12.1 Å². The van der Waals surface area contributed by atoms with Gasteiger partial charge >= 0.3 is 0 Å². The summed E-state index contributed by atoms with van der Waals surface area (Å²) in [5.74, 6) is 0.150. The van der Waals surface area contributed by atoms with E-state index in [1.807, 2.05) is 19.9 Å². The van der Waals surface area contributed by atoms with Gasteiger partial charge in [0.25, 0.3) is 0 Å². The molecule has 0 N–H and O–H groups in total. The van der Waals surface area contributed by atoms with Gasteiger partial charge in [-0.1, -0.05) is 6.07 Å². The van der Waals surface area contributed by atoms with Crippen molar-refractivity contribution in [1.29, 1.82) is 0 Å². The maximum atomic E-state index is 13.5. The van der Waals surface area contributed by atoms with Crippen LogP contribution in [0.15, 0.2) is 24.3 Å². The Kier molecular flexibility index (Phi) is 5.87. The van der Waals surface area contributed by atoms with Gasteiger partial charge < -0.3 is 14.4 Å². The van der Waals surface area contributed by atoms with Crippen LogP contribution in [0, 0.1) is 5.95 Å². The molecule has 2 atom stereocenters. The molecule has 7 heteroatoms. The number of hydrogen-bond donors (Lipinski definition) is 0. The van der Waals surface area contributed by atoms with Gasteiger partial charge in [-0.05, 0) is 44.0 Å². The summed E-state index contributed by atoms with van der Waals surface area (Å²) >= 11 is 0. The number of carbonyl (C=O) groups excluding carboxylic acids is 1. The zero-order valence-corrected chi connectivity index (χ0v) is 16.9. The second kappa shape index (κ2) is 8.55.